The molecule has 2 nitrogen and oxygen atoms in total. The minimum Gasteiger partial charge on any atom is -0.168 e. The third-order valence-electron chi connectivity index (χ3n) is 1.71. The molecule has 0 N–H and O–H groups in total. The van der Waals surface area contributed by atoms with E-state index in [9.17, 15) is 0 Å². The summed E-state index contributed by atoms with van der Waals surface area (Å²) in [6.07, 6.45) is 4.14. The first kappa shape index (κ1) is 15.3. The molecule has 0 amide bonds. The van der Waals surface area contributed by atoms with Gasteiger partial charge in [0.05, 0.1) is 0 Å². The second-order valence-corrected chi connectivity index (χ2v) is 5.05. The molecule has 80 valence electrons. The molecule has 0 rings (SSSR count). The van der Waals surface area contributed by atoms with E-state index in [1.165, 1.54) is 19.3 Å². The SMILES string of the molecule is CC(C)CCCC(C)(C)C.O=S=O. The zero-order valence-electron chi connectivity index (χ0n) is 9.42. The van der Waals surface area contributed by atoms with Crippen LogP contribution < -0.4 is 0 Å². The summed E-state index contributed by atoms with van der Waals surface area (Å²) in [4.78, 5) is 0. The predicted molar refractivity (Wildman–Crippen MR) is 57.1 cm³/mol. The zero-order valence-corrected chi connectivity index (χ0v) is 10.2. The molecule has 0 aromatic carbocycles. The average Bonchev–Trinajstić information content (AvgIpc) is 1.84. The highest BCUT2D eigenvalue weighted by Crippen LogP contribution is 2.22. The van der Waals surface area contributed by atoms with Crippen molar-refractivity contribution in [3.63, 3.8) is 0 Å². The van der Waals surface area contributed by atoms with E-state index in [0.29, 0.717) is 5.41 Å². The number of rotatable bonds is 3. The van der Waals surface area contributed by atoms with Gasteiger partial charge in [-0.05, 0) is 17.8 Å². The van der Waals surface area contributed by atoms with Crippen molar-refractivity contribution in [3.05, 3.63) is 0 Å². The largest absolute Gasteiger partial charge is 0.335 e. The molecule has 0 unspecified atom stereocenters. The minimum absolute atomic E-state index is 0.537. The Balaban J connectivity index is 0. The lowest BCUT2D eigenvalue weighted by molar-refractivity contribution is 0.347. The molecule has 13 heavy (non-hydrogen) atoms. The van der Waals surface area contributed by atoms with Crippen LogP contribution in [-0.2, 0) is 11.6 Å². The van der Waals surface area contributed by atoms with Crippen LogP contribution in [0.1, 0.15) is 53.9 Å². The summed E-state index contributed by atoms with van der Waals surface area (Å²) < 4.78 is 16.6. The third-order valence-corrected chi connectivity index (χ3v) is 1.71. The molecule has 0 spiro atoms. The topological polar surface area (TPSA) is 34.1 Å². The monoisotopic (exact) mass is 206 g/mol. The normalized spacial score (nSPS) is 10.6. The molecule has 0 aliphatic rings. The molecule has 0 saturated heterocycles. The highest BCUT2D eigenvalue weighted by atomic mass is 32.1. The van der Waals surface area contributed by atoms with Gasteiger partial charge in [0.25, 0.3) is 0 Å². The van der Waals surface area contributed by atoms with Gasteiger partial charge in [0.2, 0.25) is 0 Å². The maximum atomic E-state index is 8.29. The quantitative estimate of drug-likeness (QED) is 0.710. The van der Waals surface area contributed by atoms with Gasteiger partial charge in [-0.2, -0.15) is 8.42 Å². The molecular weight excluding hydrogens is 184 g/mol. The van der Waals surface area contributed by atoms with Crippen molar-refractivity contribution in [2.45, 2.75) is 53.9 Å². The smallest absolute Gasteiger partial charge is 0.168 e. The molecule has 3 heteroatoms. The first-order valence-corrected chi connectivity index (χ1v) is 5.42. The summed E-state index contributed by atoms with van der Waals surface area (Å²) in [5.41, 5.74) is 0.537. The second kappa shape index (κ2) is 8.42. The third kappa shape index (κ3) is 24.5. The molecule has 0 atom stereocenters. The van der Waals surface area contributed by atoms with Gasteiger partial charge < -0.3 is 0 Å². The lowest BCUT2D eigenvalue weighted by atomic mass is 9.88. The van der Waals surface area contributed by atoms with Crippen molar-refractivity contribution in [3.8, 4) is 0 Å². The van der Waals surface area contributed by atoms with Crippen molar-refractivity contribution in [1.29, 1.82) is 0 Å². The molecule has 0 aromatic heterocycles. The lowest BCUT2D eigenvalue weighted by Gasteiger charge is -2.18. The van der Waals surface area contributed by atoms with Gasteiger partial charge in [0.15, 0.2) is 0 Å². The summed E-state index contributed by atoms with van der Waals surface area (Å²) in [5.74, 6) is 0.877. The Morgan fingerprint density at radius 3 is 1.77 bits per heavy atom. The van der Waals surface area contributed by atoms with Crippen molar-refractivity contribution in [1.82, 2.24) is 0 Å². The molecule has 0 heterocycles. The number of hydrogen-bond donors (Lipinski definition) is 0. The predicted octanol–water partition coefficient (Wildman–Crippen LogP) is 3.19. The maximum absolute atomic E-state index is 8.29. The highest BCUT2D eigenvalue weighted by molar-refractivity contribution is 7.51. The van der Waals surface area contributed by atoms with Gasteiger partial charge in [0.1, 0.15) is 0 Å². The summed E-state index contributed by atoms with van der Waals surface area (Å²) in [7, 11) is 0. The van der Waals surface area contributed by atoms with E-state index < -0.39 is 11.6 Å². The van der Waals surface area contributed by atoms with E-state index >= 15 is 0 Å². The van der Waals surface area contributed by atoms with E-state index in [-0.39, 0.29) is 0 Å². The zero-order chi connectivity index (χ0) is 10.9. The van der Waals surface area contributed by atoms with E-state index in [2.05, 4.69) is 34.6 Å². The van der Waals surface area contributed by atoms with Crippen LogP contribution in [0.2, 0.25) is 0 Å². The van der Waals surface area contributed by atoms with E-state index in [0.717, 1.165) is 5.92 Å². The van der Waals surface area contributed by atoms with Crippen LogP contribution in [0.5, 0.6) is 0 Å². The van der Waals surface area contributed by atoms with Crippen LogP contribution in [0.3, 0.4) is 0 Å². The minimum atomic E-state index is -0.750. The van der Waals surface area contributed by atoms with Gasteiger partial charge in [-0.25, -0.2) is 0 Å². The van der Waals surface area contributed by atoms with Gasteiger partial charge in [0, 0.05) is 0 Å². The van der Waals surface area contributed by atoms with Crippen LogP contribution in [0.15, 0.2) is 0 Å². The Labute approximate surface area is 85.7 Å². The summed E-state index contributed by atoms with van der Waals surface area (Å²) in [6, 6.07) is 0. The van der Waals surface area contributed by atoms with Crippen LogP contribution in [0.25, 0.3) is 0 Å². The van der Waals surface area contributed by atoms with E-state index in [1.54, 1.807) is 0 Å². The standard InChI is InChI=1S/C10H22.O2S/c1-9(2)7-6-8-10(3,4)5;1-3-2/h9H,6-8H2,1-5H3;. The molecule has 0 aromatic rings. The van der Waals surface area contributed by atoms with Gasteiger partial charge in [-0.15, -0.1) is 0 Å². The Hall–Kier alpha value is -0.180. The molecular formula is C10H22O2S. The van der Waals surface area contributed by atoms with Crippen molar-refractivity contribution in [2.75, 3.05) is 0 Å². The van der Waals surface area contributed by atoms with Gasteiger partial charge in [-0.3, -0.25) is 0 Å². The Morgan fingerprint density at radius 2 is 1.54 bits per heavy atom. The molecule has 0 saturated carbocycles. The van der Waals surface area contributed by atoms with E-state index in [4.69, 9.17) is 8.42 Å². The molecule has 0 radical (unpaired) electrons. The summed E-state index contributed by atoms with van der Waals surface area (Å²) >= 11 is -0.750. The van der Waals surface area contributed by atoms with Crippen LogP contribution in [-0.4, -0.2) is 8.42 Å². The summed E-state index contributed by atoms with van der Waals surface area (Å²) in [6.45, 7) is 11.5. The van der Waals surface area contributed by atoms with Gasteiger partial charge in [-0.1, -0.05) is 47.5 Å². The van der Waals surface area contributed by atoms with Crippen molar-refractivity contribution >= 4 is 11.6 Å². The van der Waals surface area contributed by atoms with Crippen molar-refractivity contribution in [2.24, 2.45) is 11.3 Å². The van der Waals surface area contributed by atoms with Crippen LogP contribution in [0, 0.1) is 11.3 Å². The molecule has 0 bridgehead atoms. The fourth-order valence-corrected chi connectivity index (χ4v) is 1.04. The van der Waals surface area contributed by atoms with E-state index in [1.807, 2.05) is 0 Å². The maximum Gasteiger partial charge on any atom is 0.335 e. The lowest BCUT2D eigenvalue weighted by Crippen LogP contribution is -2.04. The summed E-state index contributed by atoms with van der Waals surface area (Å²) in [5, 5.41) is 0. The number of hydrogen-bond acceptors (Lipinski definition) is 2. The van der Waals surface area contributed by atoms with Crippen LogP contribution in [0.4, 0.5) is 0 Å². The Kier molecular flexibility index (Phi) is 9.91. The molecule has 0 aliphatic heterocycles. The Bertz CT molecular complexity index is 141. The fraction of sp³-hybridized carbons (Fsp3) is 1.00. The van der Waals surface area contributed by atoms with Crippen LogP contribution >= 0.6 is 0 Å². The van der Waals surface area contributed by atoms with Crippen molar-refractivity contribution < 1.29 is 8.42 Å². The highest BCUT2D eigenvalue weighted by Gasteiger charge is 2.09. The molecule has 0 aliphatic carbocycles. The molecule has 0 fully saturated rings. The average molecular weight is 206 g/mol. The first-order valence-electron chi connectivity index (χ1n) is 4.75. The Morgan fingerprint density at radius 1 is 1.15 bits per heavy atom. The first-order chi connectivity index (χ1) is 5.83. The van der Waals surface area contributed by atoms with Gasteiger partial charge >= 0.3 is 11.6 Å². The second-order valence-electron chi connectivity index (χ2n) is 4.91. The fourth-order valence-electron chi connectivity index (χ4n) is 1.04.